The zero-order chi connectivity index (χ0) is 14.2. The molecule has 3 heterocycles. The molecule has 2 atom stereocenters. The van der Waals surface area contributed by atoms with Crippen LogP contribution in [0.25, 0.3) is 0 Å². The van der Waals surface area contributed by atoms with E-state index in [0.29, 0.717) is 26.1 Å². The maximum absolute atomic E-state index is 12.9. The van der Waals surface area contributed by atoms with Crippen LogP contribution in [0.1, 0.15) is 44.9 Å². The first-order chi connectivity index (χ1) is 9.59. The van der Waals surface area contributed by atoms with Crippen molar-refractivity contribution in [1.82, 2.24) is 13.9 Å². The molecule has 0 saturated carbocycles. The molecule has 20 heavy (non-hydrogen) atoms. The van der Waals surface area contributed by atoms with Crippen molar-refractivity contribution >= 4 is 16.1 Å². The van der Waals surface area contributed by atoms with Crippen molar-refractivity contribution in [1.29, 1.82) is 0 Å². The molecule has 1 amide bonds. The topological polar surface area (TPSA) is 69.7 Å². The van der Waals surface area contributed by atoms with E-state index in [2.05, 4.69) is 5.32 Å². The zero-order valence-corrected chi connectivity index (χ0v) is 12.6. The molecule has 3 aliphatic heterocycles. The third-order valence-corrected chi connectivity index (χ3v) is 6.81. The third kappa shape index (κ3) is 2.58. The third-order valence-electron chi connectivity index (χ3n) is 4.67. The molecular weight excluding hydrogens is 278 g/mol. The summed E-state index contributed by atoms with van der Waals surface area (Å²) in [5.74, 6) is -0.0201. The second kappa shape index (κ2) is 5.61. The van der Waals surface area contributed by atoms with Gasteiger partial charge in [-0.3, -0.25) is 4.79 Å². The van der Waals surface area contributed by atoms with E-state index in [9.17, 15) is 13.2 Å². The molecule has 6 nitrogen and oxygen atoms in total. The van der Waals surface area contributed by atoms with E-state index < -0.39 is 10.2 Å². The highest BCUT2D eigenvalue weighted by atomic mass is 32.2. The number of fused-ring (bicyclic) bond motifs is 2. The number of nitrogens with one attached hydrogen (secondary N) is 1. The first kappa shape index (κ1) is 14.3. The maximum Gasteiger partial charge on any atom is 0.282 e. The van der Waals surface area contributed by atoms with Gasteiger partial charge in [0.25, 0.3) is 10.2 Å². The van der Waals surface area contributed by atoms with Crippen LogP contribution in [0.3, 0.4) is 0 Å². The van der Waals surface area contributed by atoms with Gasteiger partial charge in [0.15, 0.2) is 0 Å². The SMILES string of the molecule is O=C1C[C@@H]2CC[C@H](CN1)N2S(=O)(=O)N1CCCCCC1. The van der Waals surface area contributed by atoms with Crippen LogP contribution in [0.2, 0.25) is 0 Å². The van der Waals surface area contributed by atoms with Crippen LogP contribution in [0.5, 0.6) is 0 Å². The predicted octanol–water partition coefficient (Wildman–Crippen LogP) is 0.460. The van der Waals surface area contributed by atoms with Crippen LogP contribution in [0.4, 0.5) is 0 Å². The number of hydrogen-bond donors (Lipinski definition) is 1. The lowest BCUT2D eigenvalue weighted by atomic mass is 10.1. The molecule has 3 saturated heterocycles. The van der Waals surface area contributed by atoms with Crippen molar-refractivity contribution in [3.63, 3.8) is 0 Å². The van der Waals surface area contributed by atoms with Gasteiger partial charge in [0.1, 0.15) is 0 Å². The largest absolute Gasteiger partial charge is 0.354 e. The molecule has 0 aliphatic carbocycles. The number of amides is 1. The van der Waals surface area contributed by atoms with Gasteiger partial charge in [-0.05, 0) is 25.7 Å². The van der Waals surface area contributed by atoms with Crippen LogP contribution >= 0.6 is 0 Å². The van der Waals surface area contributed by atoms with Crippen LogP contribution in [0.15, 0.2) is 0 Å². The second-order valence-electron chi connectivity index (χ2n) is 6.04. The van der Waals surface area contributed by atoms with Gasteiger partial charge in [-0.1, -0.05) is 12.8 Å². The second-order valence-corrected chi connectivity index (χ2v) is 7.88. The Labute approximate surface area is 120 Å². The van der Waals surface area contributed by atoms with Gasteiger partial charge in [0.05, 0.1) is 0 Å². The summed E-state index contributed by atoms with van der Waals surface area (Å²) in [5.41, 5.74) is 0. The van der Waals surface area contributed by atoms with Crippen molar-refractivity contribution in [2.24, 2.45) is 0 Å². The summed E-state index contributed by atoms with van der Waals surface area (Å²) >= 11 is 0. The molecule has 7 heteroatoms. The Hall–Kier alpha value is -0.660. The van der Waals surface area contributed by atoms with E-state index >= 15 is 0 Å². The van der Waals surface area contributed by atoms with E-state index in [-0.39, 0.29) is 18.0 Å². The number of carbonyl (C=O) groups is 1. The Bertz CT molecular complexity index is 471. The number of hydrogen-bond acceptors (Lipinski definition) is 3. The summed E-state index contributed by atoms with van der Waals surface area (Å²) in [4.78, 5) is 11.6. The molecule has 0 aromatic heterocycles. The maximum atomic E-state index is 12.9. The smallest absolute Gasteiger partial charge is 0.282 e. The first-order valence-electron chi connectivity index (χ1n) is 7.64. The fourth-order valence-corrected chi connectivity index (χ4v) is 5.72. The van der Waals surface area contributed by atoms with Crippen LogP contribution in [-0.2, 0) is 15.0 Å². The molecule has 0 aromatic carbocycles. The molecule has 0 radical (unpaired) electrons. The molecule has 3 fully saturated rings. The van der Waals surface area contributed by atoms with Gasteiger partial charge in [0.2, 0.25) is 5.91 Å². The highest BCUT2D eigenvalue weighted by Crippen LogP contribution is 2.33. The number of nitrogens with zero attached hydrogens (tertiary/aromatic N) is 2. The van der Waals surface area contributed by atoms with Gasteiger partial charge in [-0.25, -0.2) is 0 Å². The highest BCUT2D eigenvalue weighted by Gasteiger charge is 2.46. The Morgan fingerprint density at radius 3 is 2.35 bits per heavy atom. The standard InChI is InChI=1S/C13H23N3O3S/c17-13-9-11-5-6-12(10-14-13)16(11)20(18,19)15-7-3-1-2-4-8-15/h11-12H,1-10H2,(H,14,17)/t11-,12+/m0/s1. The summed E-state index contributed by atoms with van der Waals surface area (Å²) in [6.07, 6.45) is 6.09. The van der Waals surface area contributed by atoms with Crippen molar-refractivity contribution < 1.29 is 13.2 Å². The van der Waals surface area contributed by atoms with E-state index in [1.165, 1.54) is 0 Å². The quantitative estimate of drug-likeness (QED) is 0.805. The first-order valence-corrected chi connectivity index (χ1v) is 9.04. The average molecular weight is 301 g/mol. The van der Waals surface area contributed by atoms with Gasteiger partial charge in [-0.15, -0.1) is 0 Å². The Morgan fingerprint density at radius 2 is 1.65 bits per heavy atom. The molecule has 2 bridgehead atoms. The minimum absolute atomic E-state index is 0.0201. The Morgan fingerprint density at radius 1 is 1.00 bits per heavy atom. The van der Waals surface area contributed by atoms with Gasteiger partial charge in [-0.2, -0.15) is 17.0 Å². The summed E-state index contributed by atoms with van der Waals surface area (Å²) in [6, 6.07) is -0.199. The van der Waals surface area contributed by atoms with Crippen molar-refractivity contribution in [2.75, 3.05) is 19.6 Å². The Balaban J connectivity index is 1.84. The van der Waals surface area contributed by atoms with Crippen LogP contribution in [0, 0.1) is 0 Å². The van der Waals surface area contributed by atoms with Gasteiger partial charge >= 0.3 is 0 Å². The average Bonchev–Trinajstić information content (AvgIpc) is 2.58. The lowest BCUT2D eigenvalue weighted by Gasteiger charge is -2.32. The predicted molar refractivity (Wildman–Crippen MR) is 75.2 cm³/mol. The molecule has 114 valence electrons. The van der Waals surface area contributed by atoms with E-state index in [1.807, 2.05) is 0 Å². The minimum atomic E-state index is -3.42. The zero-order valence-electron chi connectivity index (χ0n) is 11.8. The molecular formula is C13H23N3O3S. The molecule has 1 N–H and O–H groups in total. The Kier molecular flexibility index (Phi) is 4.01. The fraction of sp³-hybridized carbons (Fsp3) is 0.923. The van der Waals surface area contributed by atoms with E-state index in [1.54, 1.807) is 8.61 Å². The summed E-state index contributed by atoms with van der Waals surface area (Å²) in [5, 5.41) is 2.83. The molecule has 3 rings (SSSR count). The van der Waals surface area contributed by atoms with Crippen molar-refractivity contribution in [3.8, 4) is 0 Å². The monoisotopic (exact) mass is 301 g/mol. The molecule has 0 unspecified atom stereocenters. The number of carbonyl (C=O) groups excluding carboxylic acids is 1. The molecule has 0 aromatic rings. The summed E-state index contributed by atoms with van der Waals surface area (Å²) in [6.45, 7) is 1.71. The van der Waals surface area contributed by atoms with Crippen LogP contribution in [-0.4, -0.2) is 54.7 Å². The summed E-state index contributed by atoms with van der Waals surface area (Å²) in [7, 11) is -3.42. The minimum Gasteiger partial charge on any atom is -0.354 e. The van der Waals surface area contributed by atoms with E-state index in [4.69, 9.17) is 0 Å². The molecule has 0 spiro atoms. The van der Waals surface area contributed by atoms with E-state index in [0.717, 1.165) is 38.5 Å². The lowest BCUT2D eigenvalue weighted by molar-refractivity contribution is -0.121. The normalized spacial score (nSPS) is 33.5. The highest BCUT2D eigenvalue weighted by molar-refractivity contribution is 7.86. The van der Waals surface area contributed by atoms with Gasteiger partial charge < -0.3 is 5.32 Å². The van der Waals surface area contributed by atoms with Crippen molar-refractivity contribution in [3.05, 3.63) is 0 Å². The van der Waals surface area contributed by atoms with Crippen molar-refractivity contribution in [2.45, 2.75) is 57.0 Å². The number of rotatable bonds is 2. The van der Waals surface area contributed by atoms with Crippen LogP contribution < -0.4 is 5.32 Å². The van der Waals surface area contributed by atoms with Gasteiger partial charge in [0, 0.05) is 38.1 Å². The molecule has 3 aliphatic rings. The lowest BCUT2D eigenvalue weighted by Crippen LogP contribution is -2.50. The summed E-state index contributed by atoms with van der Waals surface area (Å²) < 4.78 is 29.1. The fourth-order valence-electron chi connectivity index (χ4n) is 3.62.